The van der Waals surface area contributed by atoms with E-state index in [0.717, 1.165) is 70.6 Å². The summed E-state index contributed by atoms with van der Waals surface area (Å²) < 4.78 is 11.8. The van der Waals surface area contributed by atoms with Crippen LogP contribution < -0.4 is 0 Å². The molecule has 6 heteroatoms. The van der Waals surface area contributed by atoms with Crippen LogP contribution in [0.3, 0.4) is 0 Å². The van der Waals surface area contributed by atoms with Crippen molar-refractivity contribution in [1.82, 2.24) is 14.8 Å². The molecule has 3 fully saturated rings. The standard InChI is InChI=1S/C20H29N3O3/c24-19(22-9-3-4-10-22)23-11-6-20(7-12-23)13-18(26-16-20)15-25-14-17-5-1-2-8-21-17/h1-2,5,8,18H,3-4,6-7,9-16H2. The van der Waals surface area contributed by atoms with Gasteiger partial charge in [0, 0.05) is 32.4 Å². The van der Waals surface area contributed by atoms with Crippen molar-refractivity contribution in [2.45, 2.75) is 44.8 Å². The van der Waals surface area contributed by atoms with Crippen LogP contribution in [0.4, 0.5) is 4.79 Å². The van der Waals surface area contributed by atoms with Gasteiger partial charge >= 0.3 is 6.03 Å². The second-order valence-corrected chi connectivity index (χ2v) is 7.94. The van der Waals surface area contributed by atoms with E-state index in [0.29, 0.717) is 13.2 Å². The van der Waals surface area contributed by atoms with E-state index in [2.05, 4.69) is 4.98 Å². The van der Waals surface area contributed by atoms with Gasteiger partial charge in [-0.2, -0.15) is 0 Å². The monoisotopic (exact) mass is 359 g/mol. The van der Waals surface area contributed by atoms with Gasteiger partial charge in [-0.05, 0) is 49.7 Å². The summed E-state index contributed by atoms with van der Waals surface area (Å²) in [6, 6.07) is 6.11. The lowest BCUT2D eigenvalue weighted by Gasteiger charge is -2.39. The van der Waals surface area contributed by atoms with Gasteiger partial charge < -0.3 is 19.3 Å². The summed E-state index contributed by atoms with van der Waals surface area (Å²) in [6.07, 6.45) is 7.39. The lowest BCUT2D eigenvalue weighted by Crippen LogP contribution is -2.48. The number of hydrogen-bond acceptors (Lipinski definition) is 4. The topological polar surface area (TPSA) is 54.9 Å². The SMILES string of the molecule is O=C(N1CCCC1)N1CCC2(CC1)COC(COCc1ccccn1)C2. The molecule has 1 spiro atoms. The van der Waals surface area contributed by atoms with E-state index >= 15 is 0 Å². The summed E-state index contributed by atoms with van der Waals surface area (Å²) in [5.74, 6) is 0. The van der Waals surface area contributed by atoms with Crippen molar-refractivity contribution in [3.8, 4) is 0 Å². The molecular formula is C20H29N3O3. The molecule has 0 aromatic carbocycles. The van der Waals surface area contributed by atoms with Crippen LogP contribution in [0, 0.1) is 5.41 Å². The highest BCUT2D eigenvalue weighted by atomic mass is 16.5. The van der Waals surface area contributed by atoms with Gasteiger partial charge in [-0.15, -0.1) is 0 Å². The van der Waals surface area contributed by atoms with Crippen molar-refractivity contribution in [1.29, 1.82) is 0 Å². The van der Waals surface area contributed by atoms with Gasteiger partial charge in [0.15, 0.2) is 0 Å². The van der Waals surface area contributed by atoms with Crippen molar-refractivity contribution in [2.75, 3.05) is 39.4 Å². The average molecular weight is 359 g/mol. The number of rotatable bonds is 4. The molecule has 6 nitrogen and oxygen atoms in total. The first-order valence-electron chi connectivity index (χ1n) is 9.87. The van der Waals surface area contributed by atoms with E-state index < -0.39 is 0 Å². The van der Waals surface area contributed by atoms with E-state index in [4.69, 9.17) is 9.47 Å². The molecule has 0 saturated carbocycles. The maximum atomic E-state index is 12.5. The molecule has 1 aromatic heterocycles. The number of urea groups is 1. The Hall–Kier alpha value is -1.66. The molecule has 2 amide bonds. The van der Waals surface area contributed by atoms with Crippen molar-refractivity contribution in [3.63, 3.8) is 0 Å². The normalized spacial score (nSPS) is 25.2. The molecule has 3 saturated heterocycles. The van der Waals surface area contributed by atoms with E-state index in [9.17, 15) is 4.79 Å². The molecule has 0 aliphatic carbocycles. The van der Waals surface area contributed by atoms with Gasteiger partial charge in [0.1, 0.15) is 0 Å². The smallest absolute Gasteiger partial charge is 0.319 e. The molecule has 0 N–H and O–H groups in total. The Morgan fingerprint density at radius 3 is 2.69 bits per heavy atom. The molecular weight excluding hydrogens is 330 g/mol. The summed E-state index contributed by atoms with van der Waals surface area (Å²) in [5, 5.41) is 0. The minimum atomic E-state index is 0.166. The molecule has 26 heavy (non-hydrogen) atoms. The fourth-order valence-electron chi connectivity index (χ4n) is 4.41. The number of piperidine rings is 1. The molecule has 4 heterocycles. The number of carbonyl (C=O) groups excluding carboxylic acids is 1. The largest absolute Gasteiger partial charge is 0.375 e. The molecule has 3 aliphatic heterocycles. The average Bonchev–Trinajstić information content (AvgIpc) is 3.34. The molecule has 1 atom stereocenters. The summed E-state index contributed by atoms with van der Waals surface area (Å²) in [5.41, 5.74) is 1.19. The highest BCUT2D eigenvalue weighted by Gasteiger charge is 2.43. The number of ether oxygens (including phenoxy) is 2. The minimum absolute atomic E-state index is 0.166. The Labute approximate surface area is 155 Å². The first-order chi connectivity index (χ1) is 12.7. The third kappa shape index (κ3) is 4.01. The zero-order chi connectivity index (χ0) is 17.8. The van der Waals surface area contributed by atoms with E-state index in [-0.39, 0.29) is 17.6 Å². The van der Waals surface area contributed by atoms with Crippen molar-refractivity contribution < 1.29 is 14.3 Å². The number of amides is 2. The van der Waals surface area contributed by atoms with Crippen LogP contribution in [0.1, 0.15) is 37.8 Å². The first kappa shape index (κ1) is 17.7. The summed E-state index contributed by atoms with van der Waals surface area (Å²) in [4.78, 5) is 20.9. The van der Waals surface area contributed by atoms with Gasteiger partial charge in [-0.1, -0.05) is 6.07 Å². The zero-order valence-corrected chi connectivity index (χ0v) is 15.4. The maximum Gasteiger partial charge on any atom is 0.319 e. The van der Waals surface area contributed by atoms with E-state index in [1.54, 1.807) is 6.20 Å². The van der Waals surface area contributed by atoms with E-state index in [1.807, 2.05) is 28.0 Å². The summed E-state index contributed by atoms with van der Waals surface area (Å²) in [7, 11) is 0. The van der Waals surface area contributed by atoms with Crippen molar-refractivity contribution in [3.05, 3.63) is 30.1 Å². The minimum Gasteiger partial charge on any atom is -0.375 e. The van der Waals surface area contributed by atoms with Crippen LogP contribution in [0.2, 0.25) is 0 Å². The van der Waals surface area contributed by atoms with Gasteiger partial charge in [-0.3, -0.25) is 4.98 Å². The van der Waals surface area contributed by atoms with Crippen LogP contribution in [0.15, 0.2) is 24.4 Å². The fraction of sp³-hybridized carbons (Fsp3) is 0.700. The zero-order valence-electron chi connectivity index (χ0n) is 15.4. The van der Waals surface area contributed by atoms with Crippen LogP contribution in [0.25, 0.3) is 0 Å². The lowest BCUT2D eigenvalue weighted by atomic mass is 9.77. The van der Waals surface area contributed by atoms with Gasteiger partial charge in [0.25, 0.3) is 0 Å². The Morgan fingerprint density at radius 2 is 1.96 bits per heavy atom. The molecule has 1 unspecified atom stereocenters. The second-order valence-electron chi connectivity index (χ2n) is 7.94. The predicted molar refractivity (Wildman–Crippen MR) is 97.7 cm³/mol. The Kier molecular flexibility index (Phi) is 5.41. The molecule has 3 aliphatic rings. The second kappa shape index (κ2) is 7.92. The maximum absolute atomic E-state index is 12.5. The third-order valence-corrected chi connectivity index (χ3v) is 6.04. The number of aromatic nitrogens is 1. The highest BCUT2D eigenvalue weighted by molar-refractivity contribution is 5.74. The van der Waals surface area contributed by atoms with Gasteiger partial charge in [0.2, 0.25) is 0 Å². The Bertz CT molecular complexity index is 596. The van der Waals surface area contributed by atoms with Gasteiger partial charge in [0.05, 0.1) is 31.6 Å². The summed E-state index contributed by atoms with van der Waals surface area (Å²) >= 11 is 0. The van der Waals surface area contributed by atoms with E-state index in [1.165, 1.54) is 0 Å². The molecule has 1 aromatic rings. The van der Waals surface area contributed by atoms with Crippen molar-refractivity contribution >= 4 is 6.03 Å². The Balaban J connectivity index is 1.20. The van der Waals surface area contributed by atoms with Crippen LogP contribution in [-0.4, -0.2) is 66.3 Å². The van der Waals surface area contributed by atoms with Crippen molar-refractivity contribution in [2.24, 2.45) is 5.41 Å². The fourth-order valence-corrected chi connectivity index (χ4v) is 4.41. The number of likely N-dealkylation sites (tertiary alicyclic amines) is 2. The predicted octanol–water partition coefficient (Wildman–Crippen LogP) is 2.69. The Morgan fingerprint density at radius 1 is 1.19 bits per heavy atom. The molecule has 0 radical (unpaired) electrons. The molecule has 4 rings (SSSR count). The third-order valence-electron chi connectivity index (χ3n) is 6.04. The number of carbonyl (C=O) groups is 1. The number of hydrogen-bond donors (Lipinski definition) is 0. The number of nitrogens with zero attached hydrogens (tertiary/aromatic N) is 3. The quantitative estimate of drug-likeness (QED) is 0.829. The van der Waals surface area contributed by atoms with Crippen LogP contribution in [-0.2, 0) is 16.1 Å². The molecule has 142 valence electrons. The highest BCUT2D eigenvalue weighted by Crippen LogP contribution is 2.42. The summed E-state index contributed by atoms with van der Waals surface area (Å²) in [6.45, 7) is 5.54. The van der Waals surface area contributed by atoms with Gasteiger partial charge in [-0.25, -0.2) is 4.79 Å². The first-order valence-corrected chi connectivity index (χ1v) is 9.87. The van der Waals surface area contributed by atoms with Crippen LogP contribution >= 0.6 is 0 Å². The van der Waals surface area contributed by atoms with Crippen LogP contribution in [0.5, 0.6) is 0 Å². The lowest BCUT2D eigenvalue weighted by molar-refractivity contribution is 0.00600. The number of pyridine rings is 1. The molecule has 0 bridgehead atoms.